The first-order valence-corrected chi connectivity index (χ1v) is 7.67. The summed E-state index contributed by atoms with van der Waals surface area (Å²) in [5, 5.41) is 3.13. The van der Waals surface area contributed by atoms with Gasteiger partial charge in [-0.2, -0.15) is 0 Å². The molecule has 0 aliphatic carbocycles. The predicted molar refractivity (Wildman–Crippen MR) is 84.7 cm³/mol. The summed E-state index contributed by atoms with van der Waals surface area (Å²) >= 11 is 3.57. The second-order valence-electron chi connectivity index (χ2n) is 4.58. The summed E-state index contributed by atoms with van der Waals surface area (Å²) in [4.78, 5) is 0. The third kappa shape index (κ3) is 5.31. The average Bonchev–Trinajstić information content (AvgIpc) is 2.41. The highest BCUT2D eigenvalue weighted by molar-refractivity contribution is 9.10. The maximum absolute atomic E-state index is 5.99. The quantitative estimate of drug-likeness (QED) is 0.744. The topological polar surface area (TPSA) is 39.7 Å². The summed E-state index contributed by atoms with van der Waals surface area (Å²) in [5.41, 5.74) is 1.15. The van der Waals surface area contributed by atoms with Gasteiger partial charge in [-0.1, -0.05) is 0 Å². The minimum Gasteiger partial charge on any atom is -0.490 e. The molecule has 0 spiro atoms. The van der Waals surface area contributed by atoms with Crippen molar-refractivity contribution in [3.63, 3.8) is 0 Å². The highest BCUT2D eigenvalue weighted by Gasteiger charge is 2.15. The number of rotatable bonds is 9. The van der Waals surface area contributed by atoms with Crippen molar-refractivity contribution in [3.8, 4) is 11.5 Å². The lowest BCUT2D eigenvalue weighted by molar-refractivity contribution is 0.131. The zero-order valence-electron chi connectivity index (χ0n) is 12.7. The molecule has 0 amide bonds. The van der Waals surface area contributed by atoms with Gasteiger partial charge >= 0.3 is 0 Å². The number of benzene rings is 1. The zero-order valence-corrected chi connectivity index (χ0v) is 14.2. The SMILES string of the molecule is CCOc1cc(CNC)cc(Br)c1OC(C)CCOC. The standard InChI is InChI=1S/C15H24BrNO3/c1-5-19-14-9-12(10-17-3)8-13(16)15(14)20-11(2)6-7-18-4/h8-9,11,17H,5-7,10H2,1-4H3. The third-order valence-electron chi connectivity index (χ3n) is 2.80. The number of ether oxygens (including phenoxy) is 3. The molecular weight excluding hydrogens is 322 g/mol. The first-order chi connectivity index (χ1) is 9.62. The molecule has 0 aliphatic heterocycles. The van der Waals surface area contributed by atoms with Crippen molar-refractivity contribution in [2.24, 2.45) is 0 Å². The second-order valence-corrected chi connectivity index (χ2v) is 5.43. The largest absolute Gasteiger partial charge is 0.490 e. The van der Waals surface area contributed by atoms with E-state index in [-0.39, 0.29) is 6.10 Å². The molecule has 0 saturated heterocycles. The van der Waals surface area contributed by atoms with Gasteiger partial charge in [0.1, 0.15) is 0 Å². The lowest BCUT2D eigenvalue weighted by atomic mass is 10.2. The van der Waals surface area contributed by atoms with E-state index >= 15 is 0 Å². The van der Waals surface area contributed by atoms with Crippen LogP contribution in [0.1, 0.15) is 25.8 Å². The second kappa shape index (κ2) is 9.21. The molecule has 0 heterocycles. The molecule has 0 fully saturated rings. The van der Waals surface area contributed by atoms with Crippen LogP contribution in [0.2, 0.25) is 0 Å². The van der Waals surface area contributed by atoms with Crippen LogP contribution in [0.25, 0.3) is 0 Å². The molecule has 1 atom stereocenters. The predicted octanol–water partition coefficient (Wildman–Crippen LogP) is 3.37. The summed E-state index contributed by atoms with van der Waals surface area (Å²) in [6.45, 7) is 6.08. The third-order valence-corrected chi connectivity index (χ3v) is 3.39. The smallest absolute Gasteiger partial charge is 0.175 e. The molecule has 0 radical (unpaired) electrons. The van der Waals surface area contributed by atoms with Crippen molar-refractivity contribution in [3.05, 3.63) is 22.2 Å². The Morgan fingerprint density at radius 3 is 2.70 bits per heavy atom. The first-order valence-electron chi connectivity index (χ1n) is 6.87. The lowest BCUT2D eigenvalue weighted by Crippen LogP contribution is -2.15. The Morgan fingerprint density at radius 2 is 2.10 bits per heavy atom. The molecule has 1 rings (SSSR count). The molecule has 0 saturated carbocycles. The minimum atomic E-state index is 0.0700. The van der Waals surface area contributed by atoms with Crippen molar-refractivity contribution in [1.29, 1.82) is 0 Å². The Balaban J connectivity index is 2.91. The molecule has 1 N–H and O–H groups in total. The van der Waals surface area contributed by atoms with E-state index in [1.807, 2.05) is 27.0 Å². The molecule has 0 aliphatic rings. The maximum atomic E-state index is 5.99. The van der Waals surface area contributed by atoms with Gasteiger partial charge in [0.25, 0.3) is 0 Å². The van der Waals surface area contributed by atoms with Crippen LogP contribution in [0.3, 0.4) is 0 Å². The van der Waals surface area contributed by atoms with Crippen molar-refractivity contribution in [2.45, 2.75) is 32.9 Å². The van der Waals surface area contributed by atoms with Gasteiger partial charge < -0.3 is 19.5 Å². The van der Waals surface area contributed by atoms with Gasteiger partial charge in [0.05, 0.1) is 17.2 Å². The number of nitrogens with one attached hydrogen (secondary N) is 1. The Labute approximate surface area is 129 Å². The normalized spacial score (nSPS) is 12.2. The van der Waals surface area contributed by atoms with Gasteiger partial charge in [-0.25, -0.2) is 0 Å². The van der Waals surface area contributed by atoms with Crippen molar-refractivity contribution in [2.75, 3.05) is 27.4 Å². The lowest BCUT2D eigenvalue weighted by Gasteiger charge is -2.19. The molecule has 0 aromatic heterocycles. The van der Waals surface area contributed by atoms with Crippen LogP contribution >= 0.6 is 15.9 Å². The van der Waals surface area contributed by atoms with Crippen LogP contribution in [0, 0.1) is 0 Å². The Bertz CT molecular complexity index is 412. The van der Waals surface area contributed by atoms with E-state index in [1.165, 1.54) is 0 Å². The van der Waals surface area contributed by atoms with Gasteiger partial charge in [0.15, 0.2) is 11.5 Å². The molecule has 0 bridgehead atoms. The van der Waals surface area contributed by atoms with E-state index < -0.39 is 0 Å². The van der Waals surface area contributed by atoms with E-state index in [9.17, 15) is 0 Å². The van der Waals surface area contributed by atoms with Crippen molar-refractivity contribution < 1.29 is 14.2 Å². The van der Waals surface area contributed by atoms with Crippen LogP contribution in [0.4, 0.5) is 0 Å². The molecule has 114 valence electrons. The summed E-state index contributed by atoms with van der Waals surface area (Å²) in [6.07, 6.45) is 0.910. The van der Waals surface area contributed by atoms with Crippen molar-refractivity contribution in [1.82, 2.24) is 5.32 Å². The van der Waals surface area contributed by atoms with E-state index in [2.05, 4.69) is 27.3 Å². The van der Waals surface area contributed by atoms with E-state index in [0.29, 0.717) is 13.2 Å². The van der Waals surface area contributed by atoms with Crippen molar-refractivity contribution >= 4 is 15.9 Å². The fourth-order valence-electron chi connectivity index (χ4n) is 1.85. The van der Waals surface area contributed by atoms with E-state index in [4.69, 9.17) is 14.2 Å². The van der Waals surface area contributed by atoms with Crippen LogP contribution < -0.4 is 14.8 Å². The van der Waals surface area contributed by atoms with Crippen LogP contribution in [-0.2, 0) is 11.3 Å². The van der Waals surface area contributed by atoms with Gasteiger partial charge in [-0.05, 0) is 54.5 Å². The van der Waals surface area contributed by atoms with Crippen LogP contribution in [-0.4, -0.2) is 33.5 Å². The molecule has 1 unspecified atom stereocenters. The highest BCUT2D eigenvalue weighted by atomic mass is 79.9. The number of halogens is 1. The average molecular weight is 346 g/mol. The summed E-state index contributed by atoms with van der Waals surface area (Å²) in [7, 11) is 3.62. The van der Waals surface area contributed by atoms with E-state index in [0.717, 1.165) is 34.5 Å². The molecule has 20 heavy (non-hydrogen) atoms. The highest BCUT2D eigenvalue weighted by Crippen LogP contribution is 2.37. The van der Waals surface area contributed by atoms with Gasteiger partial charge in [-0.3, -0.25) is 0 Å². The summed E-state index contributed by atoms with van der Waals surface area (Å²) < 4.78 is 17.7. The van der Waals surface area contributed by atoms with Gasteiger partial charge in [0.2, 0.25) is 0 Å². The summed E-state index contributed by atoms with van der Waals surface area (Å²) in [5.74, 6) is 1.53. The van der Waals surface area contributed by atoms with Gasteiger partial charge in [0, 0.05) is 26.7 Å². The molecule has 4 nitrogen and oxygen atoms in total. The number of hydrogen-bond acceptors (Lipinski definition) is 4. The Morgan fingerprint density at radius 1 is 1.35 bits per heavy atom. The minimum absolute atomic E-state index is 0.0700. The summed E-state index contributed by atoms with van der Waals surface area (Å²) in [6, 6.07) is 4.07. The Kier molecular flexibility index (Phi) is 7.95. The van der Waals surface area contributed by atoms with E-state index in [1.54, 1.807) is 7.11 Å². The Hall–Kier alpha value is -0.780. The maximum Gasteiger partial charge on any atom is 0.175 e. The monoisotopic (exact) mass is 345 g/mol. The zero-order chi connectivity index (χ0) is 15.0. The molecule has 5 heteroatoms. The van der Waals surface area contributed by atoms with Gasteiger partial charge in [-0.15, -0.1) is 0 Å². The molecular formula is C15H24BrNO3. The first kappa shape index (κ1) is 17.3. The molecule has 1 aromatic carbocycles. The number of hydrogen-bond donors (Lipinski definition) is 1. The number of methoxy groups -OCH3 is 1. The van der Waals surface area contributed by atoms with Crippen LogP contribution in [0.15, 0.2) is 16.6 Å². The van der Waals surface area contributed by atoms with Crippen LogP contribution in [0.5, 0.6) is 11.5 Å². The fourth-order valence-corrected chi connectivity index (χ4v) is 2.43. The molecule has 1 aromatic rings. The fraction of sp³-hybridized carbons (Fsp3) is 0.600.